The van der Waals surface area contributed by atoms with Crippen LogP contribution in [-0.4, -0.2) is 19.0 Å². The molecule has 1 aliphatic rings. The Bertz CT molecular complexity index is 618. The normalized spacial score (nSPS) is 14.6. The van der Waals surface area contributed by atoms with Crippen LogP contribution >= 0.6 is 11.6 Å². The van der Waals surface area contributed by atoms with Gasteiger partial charge in [-0.3, -0.25) is 4.79 Å². The van der Waals surface area contributed by atoms with Crippen molar-refractivity contribution in [2.24, 2.45) is 0 Å². The zero-order valence-electron chi connectivity index (χ0n) is 10.9. The summed E-state index contributed by atoms with van der Waals surface area (Å²) in [6.45, 7) is 2.05. The molecule has 1 N–H and O–H groups in total. The molecule has 2 heterocycles. The van der Waals surface area contributed by atoms with Crippen molar-refractivity contribution < 1.29 is 9.21 Å². The van der Waals surface area contributed by atoms with Gasteiger partial charge in [0.25, 0.3) is 5.91 Å². The SMILES string of the molecule is O=C(Nc1ccccc1N1CCCC1)c1ccc(Cl)o1. The fourth-order valence-electron chi connectivity index (χ4n) is 2.43. The lowest BCUT2D eigenvalue weighted by molar-refractivity contribution is 0.0997. The van der Waals surface area contributed by atoms with E-state index >= 15 is 0 Å². The van der Waals surface area contributed by atoms with Crippen LogP contribution in [-0.2, 0) is 0 Å². The number of benzene rings is 1. The second-order valence-corrected chi connectivity index (χ2v) is 5.14. The summed E-state index contributed by atoms with van der Waals surface area (Å²) in [6, 6.07) is 10.9. The van der Waals surface area contributed by atoms with Gasteiger partial charge in [-0.05, 0) is 48.7 Å². The number of carbonyl (C=O) groups is 1. The molecule has 5 heteroatoms. The van der Waals surface area contributed by atoms with Gasteiger partial charge in [0.1, 0.15) is 0 Å². The minimum absolute atomic E-state index is 0.211. The molecule has 20 heavy (non-hydrogen) atoms. The summed E-state index contributed by atoms with van der Waals surface area (Å²) in [5.74, 6) is -0.0743. The molecule has 1 aliphatic heterocycles. The van der Waals surface area contributed by atoms with E-state index in [2.05, 4.69) is 10.2 Å². The third kappa shape index (κ3) is 2.65. The molecule has 4 nitrogen and oxygen atoms in total. The average molecular weight is 291 g/mol. The zero-order valence-corrected chi connectivity index (χ0v) is 11.7. The van der Waals surface area contributed by atoms with Crippen molar-refractivity contribution in [1.82, 2.24) is 0 Å². The summed E-state index contributed by atoms with van der Waals surface area (Å²) < 4.78 is 5.12. The highest BCUT2D eigenvalue weighted by molar-refractivity contribution is 6.29. The molecule has 1 aromatic carbocycles. The topological polar surface area (TPSA) is 45.5 Å². The van der Waals surface area contributed by atoms with Crippen molar-refractivity contribution in [1.29, 1.82) is 0 Å². The number of hydrogen-bond donors (Lipinski definition) is 1. The van der Waals surface area contributed by atoms with Crippen molar-refractivity contribution in [3.63, 3.8) is 0 Å². The van der Waals surface area contributed by atoms with Gasteiger partial charge in [-0.1, -0.05) is 12.1 Å². The standard InChI is InChI=1S/C15H15ClN2O2/c16-14-8-7-13(20-14)15(19)17-11-5-1-2-6-12(11)18-9-3-4-10-18/h1-2,5-8H,3-4,9-10H2,(H,17,19). The molecular formula is C15H15ClN2O2. The van der Waals surface area contributed by atoms with Crippen molar-refractivity contribution in [2.75, 3.05) is 23.3 Å². The first-order valence-electron chi connectivity index (χ1n) is 6.65. The molecule has 3 rings (SSSR count). The van der Waals surface area contributed by atoms with Crippen LogP contribution in [0.25, 0.3) is 0 Å². The molecule has 0 radical (unpaired) electrons. The lowest BCUT2D eigenvalue weighted by Crippen LogP contribution is -2.20. The number of hydrogen-bond acceptors (Lipinski definition) is 3. The molecule has 0 saturated carbocycles. The number of para-hydroxylation sites is 2. The zero-order chi connectivity index (χ0) is 13.9. The van der Waals surface area contributed by atoms with Crippen LogP contribution in [0.1, 0.15) is 23.4 Å². The third-order valence-electron chi connectivity index (χ3n) is 3.40. The van der Waals surface area contributed by atoms with E-state index in [1.54, 1.807) is 12.1 Å². The fraction of sp³-hybridized carbons (Fsp3) is 0.267. The van der Waals surface area contributed by atoms with Gasteiger partial charge >= 0.3 is 0 Å². The van der Waals surface area contributed by atoms with Crippen LogP contribution in [0.3, 0.4) is 0 Å². The highest BCUT2D eigenvalue weighted by Crippen LogP contribution is 2.29. The van der Waals surface area contributed by atoms with E-state index in [1.807, 2.05) is 24.3 Å². The second kappa shape index (κ2) is 5.59. The van der Waals surface area contributed by atoms with Crippen molar-refractivity contribution in [2.45, 2.75) is 12.8 Å². The van der Waals surface area contributed by atoms with E-state index in [-0.39, 0.29) is 16.9 Å². The van der Waals surface area contributed by atoms with Gasteiger partial charge in [-0.25, -0.2) is 0 Å². The smallest absolute Gasteiger partial charge is 0.291 e. The molecule has 2 aromatic rings. The van der Waals surface area contributed by atoms with Crippen LogP contribution in [0, 0.1) is 0 Å². The Morgan fingerprint density at radius 3 is 2.60 bits per heavy atom. The van der Waals surface area contributed by atoms with E-state index in [4.69, 9.17) is 16.0 Å². The van der Waals surface area contributed by atoms with E-state index in [0.717, 1.165) is 24.5 Å². The number of halogens is 1. The molecule has 0 atom stereocenters. The summed E-state index contributed by atoms with van der Waals surface area (Å²) >= 11 is 5.69. The summed E-state index contributed by atoms with van der Waals surface area (Å²) in [5.41, 5.74) is 1.85. The number of nitrogens with zero attached hydrogens (tertiary/aromatic N) is 1. The van der Waals surface area contributed by atoms with Crippen LogP contribution in [0.4, 0.5) is 11.4 Å². The van der Waals surface area contributed by atoms with Gasteiger partial charge in [0.15, 0.2) is 11.0 Å². The van der Waals surface area contributed by atoms with Gasteiger partial charge in [-0.2, -0.15) is 0 Å². The lowest BCUT2D eigenvalue weighted by atomic mass is 10.2. The Morgan fingerprint density at radius 2 is 1.90 bits per heavy atom. The maximum atomic E-state index is 12.1. The number of furan rings is 1. The monoisotopic (exact) mass is 290 g/mol. The molecular weight excluding hydrogens is 276 g/mol. The highest BCUT2D eigenvalue weighted by Gasteiger charge is 2.18. The molecule has 1 aromatic heterocycles. The molecule has 1 fully saturated rings. The van der Waals surface area contributed by atoms with Crippen LogP contribution in [0.15, 0.2) is 40.8 Å². The Morgan fingerprint density at radius 1 is 1.15 bits per heavy atom. The maximum Gasteiger partial charge on any atom is 0.291 e. The van der Waals surface area contributed by atoms with Crippen LogP contribution < -0.4 is 10.2 Å². The summed E-state index contributed by atoms with van der Waals surface area (Å²) in [4.78, 5) is 14.4. The molecule has 1 amide bonds. The number of rotatable bonds is 3. The Hall–Kier alpha value is -1.94. The van der Waals surface area contributed by atoms with Crippen molar-refractivity contribution >= 4 is 28.9 Å². The first-order chi connectivity index (χ1) is 9.74. The van der Waals surface area contributed by atoms with Crippen molar-refractivity contribution in [3.05, 3.63) is 47.4 Å². The van der Waals surface area contributed by atoms with Gasteiger partial charge in [0.2, 0.25) is 0 Å². The third-order valence-corrected chi connectivity index (χ3v) is 3.60. The molecule has 0 aliphatic carbocycles. The highest BCUT2D eigenvalue weighted by atomic mass is 35.5. The van der Waals surface area contributed by atoms with E-state index in [9.17, 15) is 4.79 Å². The van der Waals surface area contributed by atoms with Gasteiger partial charge < -0.3 is 14.6 Å². The fourth-order valence-corrected chi connectivity index (χ4v) is 2.58. The quantitative estimate of drug-likeness (QED) is 0.935. The maximum absolute atomic E-state index is 12.1. The van der Waals surface area contributed by atoms with E-state index in [0.29, 0.717) is 0 Å². The lowest BCUT2D eigenvalue weighted by Gasteiger charge is -2.21. The second-order valence-electron chi connectivity index (χ2n) is 4.77. The molecule has 1 saturated heterocycles. The average Bonchev–Trinajstić information content (AvgIpc) is 3.10. The Labute approximate surface area is 122 Å². The predicted octanol–water partition coefficient (Wildman–Crippen LogP) is 3.79. The first-order valence-corrected chi connectivity index (χ1v) is 7.02. The van der Waals surface area contributed by atoms with E-state index in [1.165, 1.54) is 12.8 Å². The molecule has 104 valence electrons. The number of anilines is 2. The Balaban J connectivity index is 1.81. The van der Waals surface area contributed by atoms with Gasteiger partial charge in [-0.15, -0.1) is 0 Å². The molecule has 0 unspecified atom stereocenters. The van der Waals surface area contributed by atoms with Crippen LogP contribution in [0.5, 0.6) is 0 Å². The van der Waals surface area contributed by atoms with Gasteiger partial charge in [0.05, 0.1) is 11.4 Å². The summed E-state index contributed by atoms with van der Waals surface area (Å²) in [7, 11) is 0. The van der Waals surface area contributed by atoms with Crippen molar-refractivity contribution in [3.8, 4) is 0 Å². The largest absolute Gasteiger partial charge is 0.440 e. The minimum Gasteiger partial charge on any atom is -0.440 e. The number of nitrogens with one attached hydrogen (secondary N) is 1. The van der Waals surface area contributed by atoms with Crippen LogP contribution in [0.2, 0.25) is 5.22 Å². The Kier molecular flexibility index (Phi) is 3.65. The minimum atomic E-state index is -0.288. The number of carbonyl (C=O) groups excluding carboxylic acids is 1. The predicted molar refractivity (Wildman–Crippen MR) is 79.6 cm³/mol. The summed E-state index contributed by atoms with van der Waals surface area (Å²) in [6.07, 6.45) is 2.38. The number of amides is 1. The van der Waals surface area contributed by atoms with Gasteiger partial charge in [0, 0.05) is 13.1 Å². The molecule has 0 spiro atoms. The summed E-state index contributed by atoms with van der Waals surface area (Å²) in [5, 5.41) is 3.10. The van der Waals surface area contributed by atoms with E-state index < -0.39 is 0 Å². The first kappa shape index (κ1) is 13.1. The molecule has 0 bridgehead atoms.